The number of hydrogen-bond donors (Lipinski definition) is 2. The zero-order valence-electron chi connectivity index (χ0n) is 15.8. The summed E-state index contributed by atoms with van der Waals surface area (Å²) in [5, 5.41) is 0. The van der Waals surface area contributed by atoms with Crippen molar-refractivity contribution in [3.8, 4) is 0 Å². The molecule has 2 N–H and O–H groups in total. The first kappa shape index (κ1) is 22.7. The quantitative estimate of drug-likeness (QED) is 0.578. The number of hydrogen-bond acceptors (Lipinski definition) is 4. The van der Waals surface area contributed by atoms with Crippen LogP contribution in [0, 0.1) is 0 Å². The SMILES string of the molecule is O=c1nc(C=Cc2ccc(C=Cc3cc(C(F)(F)F)[nH]c(=O)n3)cc2)cc(C(F)(F)F)[nH]1. The molecule has 166 valence electrons. The fourth-order valence-electron chi connectivity index (χ4n) is 2.51. The molecule has 2 aromatic heterocycles. The van der Waals surface area contributed by atoms with Gasteiger partial charge < -0.3 is 9.97 Å². The van der Waals surface area contributed by atoms with E-state index in [2.05, 4.69) is 9.97 Å². The highest BCUT2D eigenvalue weighted by atomic mass is 19.4. The van der Waals surface area contributed by atoms with E-state index in [0.29, 0.717) is 23.3 Å². The minimum absolute atomic E-state index is 0.189. The van der Waals surface area contributed by atoms with Crippen LogP contribution in [-0.4, -0.2) is 19.9 Å². The number of H-pyrrole nitrogens is 2. The predicted octanol–water partition coefficient (Wildman–Crippen LogP) is 4.23. The van der Waals surface area contributed by atoms with Crippen molar-refractivity contribution in [3.05, 3.63) is 91.3 Å². The topological polar surface area (TPSA) is 91.5 Å². The minimum atomic E-state index is -4.72. The highest BCUT2D eigenvalue weighted by molar-refractivity contribution is 5.71. The first-order valence-electron chi connectivity index (χ1n) is 8.73. The van der Waals surface area contributed by atoms with Crippen LogP contribution in [-0.2, 0) is 12.4 Å². The van der Waals surface area contributed by atoms with E-state index in [1.165, 1.54) is 24.3 Å². The summed E-state index contributed by atoms with van der Waals surface area (Å²) in [6.07, 6.45) is -4.12. The molecule has 0 aliphatic rings. The molecule has 0 aliphatic carbocycles. The summed E-state index contributed by atoms with van der Waals surface area (Å²) in [5.74, 6) is 0. The average Bonchev–Trinajstić information content (AvgIpc) is 2.69. The summed E-state index contributed by atoms with van der Waals surface area (Å²) in [6.45, 7) is 0. The number of benzene rings is 1. The Balaban J connectivity index is 1.77. The van der Waals surface area contributed by atoms with Gasteiger partial charge in [0.1, 0.15) is 11.4 Å². The monoisotopic (exact) mass is 454 g/mol. The highest BCUT2D eigenvalue weighted by Crippen LogP contribution is 2.28. The second-order valence-electron chi connectivity index (χ2n) is 6.38. The second kappa shape index (κ2) is 8.65. The van der Waals surface area contributed by atoms with Crippen molar-refractivity contribution in [1.29, 1.82) is 0 Å². The van der Waals surface area contributed by atoms with E-state index in [9.17, 15) is 35.9 Å². The lowest BCUT2D eigenvalue weighted by molar-refractivity contribution is -0.142. The van der Waals surface area contributed by atoms with Crippen LogP contribution in [0.25, 0.3) is 24.3 Å². The van der Waals surface area contributed by atoms with Crippen LogP contribution in [0.5, 0.6) is 0 Å². The second-order valence-corrected chi connectivity index (χ2v) is 6.38. The normalized spacial score (nSPS) is 12.7. The molecule has 0 saturated heterocycles. The van der Waals surface area contributed by atoms with E-state index < -0.39 is 35.1 Å². The summed E-state index contributed by atoms with van der Waals surface area (Å²) in [7, 11) is 0. The van der Waals surface area contributed by atoms with Crippen LogP contribution in [0.1, 0.15) is 33.9 Å². The smallest absolute Gasteiger partial charge is 0.302 e. The van der Waals surface area contributed by atoms with Gasteiger partial charge in [0.05, 0.1) is 11.4 Å². The maximum atomic E-state index is 12.7. The van der Waals surface area contributed by atoms with Crippen LogP contribution < -0.4 is 11.4 Å². The van der Waals surface area contributed by atoms with E-state index in [4.69, 9.17) is 0 Å². The largest absolute Gasteiger partial charge is 0.431 e. The zero-order valence-corrected chi connectivity index (χ0v) is 15.8. The third kappa shape index (κ3) is 6.03. The molecule has 0 unspecified atom stereocenters. The van der Waals surface area contributed by atoms with Gasteiger partial charge in [0.25, 0.3) is 0 Å². The molecule has 0 fully saturated rings. The first-order valence-corrected chi connectivity index (χ1v) is 8.73. The lowest BCUT2D eigenvalue weighted by Gasteiger charge is -2.06. The lowest BCUT2D eigenvalue weighted by Crippen LogP contribution is -2.19. The molecule has 0 saturated carbocycles. The van der Waals surface area contributed by atoms with Gasteiger partial charge in [0.2, 0.25) is 0 Å². The molecule has 3 rings (SSSR count). The Morgan fingerprint density at radius 1 is 0.625 bits per heavy atom. The van der Waals surface area contributed by atoms with Crippen molar-refractivity contribution in [1.82, 2.24) is 19.9 Å². The summed E-state index contributed by atoms with van der Waals surface area (Å²) in [5.41, 5.74) is -3.97. The van der Waals surface area contributed by atoms with Crippen molar-refractivity contribution < 1.29 is 26.3 Å². The number of aromatic amines is 2. The Morgan fingerprint density at radius 2 is 0.969 bits per heavy atom. The van der Waals surface area contributed by atoms with Crippen molar-refractivity contribution in [2.24, 2.45) is 0 Å². The van der Waals surface area contributed by atoms with E-state index >= 15 is 0 Å². The number of nitrogens with zero attached hydrogens (tertiary/aromatic N) is 2. The molecule has 0 atom stereocenters. The Bertz CT molecular complexity index is 1180. The molecular weight excluding hydrogens is 442 g/mol. The highest BCUT2D eigenvalue weighted by Gasteiger charge is 2.33. The summed E-state index contributed by atoms with van der Waals surface area (Å²) < 4.78 is 76.5. The Labute approximate surface area is 175 Å². The van der Waals surface area contributed by atoms with Gasteiger partial charge in [-0.3, -0.25) is 0 Å². The molecule has 0 aliphatic heterocycles. The Morgan fingerprint density at radius 3 is 1.28 bits per heavy atom. The van der Waals surface area contributed by atoms with E-state index in [0.717, 1.165) is 0 Å². The van der Waals surface area contributed by atoms with E-state index in [1.807, 2.05) is 0 Å². The molecule has 0 amide bonds. The summed E-state index contributed by atoms with van der Waals surface area (Å²) in [4.78, 5) is 32.7. The maximum Gasteiger partial charge on any atom is 0.431 e. The number of nitrogens with one attached hydrogen (secondary N) is 2. The Kier molecular flexibility index (Phi) is 6.14. The molecular formula is C20H12F6N4O2. The number of halogens is 6. The molecule has 2 heterocycles. The lowest BCUT2D eigenvalue weighted by atomic mass is 10.1. The number of aromatic nitrogens is 4. The molecule has 12 heteroatoms. The maximum absolute atomic E-state index is 12.7. The van der Waals surface area contributed by atoms with Gasteiger partial charge in [-0.25, -0.2) is 9.59 Å². The van der Waals surface area contributed by atoms with Crippen LogP contribution in [0.4, 0.5) is 26.3 Å². The van der Waals surface area contributed by atoms with Crippen molar-refractivity contribution >= 4 is 24.3 Å². The summed E-state index contributed by atoms with van der Waals surface area (Å²) in [6, 6.07) is 7.72. The molecule has 6 nitrogen and oxygen atoms in total. The van der Waals surface area contributed by atoms with Crippen LogP contribution in [0.15, 0.2) is 46.0 Å². The van der Waals surface area contributed by atoms with Gasteiger partial charge in [0.15, 0.2) is 0 Å². The molecule has 0 bridgehead atoms. The first-order chi connectivity index (χ1) is 14.9. The van der Waals surface area contributed by atoms with E-state index in [1.54, 1.807) is 34.2 Å². The van der Waals surface area contributed by atoms with Crippen LogP contribution in [0.3, 0.4) is 0 Å². The molecule has 1 aromatic carbocycles. The fourth-order valence-corrected chi connectivity index (χ4v) is 2.51. The minimum Gasteiger partial charge on any atom is -0.302 e. The third-order valence-corrected chi connectivity index (χ3v) is 3.97. The molecule has 0 radical (unpaired) electrons. The van der Waals surface area contributed by atoms with Crippen molar-refractivity contribution in [2.75, 3.05) is 0 Å². The number of rotatable bonds is 4. The average molecular weight is 454 g/mol. The standard InChI is InChI=1S/C20H12F6N4O2/c21-19(22,23)15-9-13(27-17(31)29-15)7-5-11-1-2-12(4-3-11)6-8-14-10-16(20(24,25)26)30-18(32)28-14/h1-10H,(H,27,29,31)(H,28,30,32). The zero-order chi connectivity index (χ0) is 23.5. The summed E-state index contributed by atoms with van der Waals surface area (Å²) >= 11 is 0. The van der Waals surface area contributed by atoms with E-state index in [-0.39, 0.29) is 11.4 Å². The predicted molar refractivity (Wildman–Crippen MR) is 104 cm³/mol. The van der Waals surface area contributed by atoms with Crippen molar-refractivity contribution in [2.45, 2.75) is 12.4 Å². The molecule has 32 heavy (non-hydrogen) atoms. The van der Waals surface area contributed by atoms with Crippen LogP contribution >= 0.6 is 0 Å². The van der Waals surface area contributed by atoms with Gasteiger partial charge in [-0.2, -0.15) is 36.3 Å². The molecule has 3 aromatic rings. The molecule has 0 spiro atoms. The van der Waals surface area contributed by atoms with Gasteiger partial charge in [-0.05, 0) is 35.4 Å². The van der Waals surface area contributed by atoms with Crippen LogP contribution in [0.2, 0.25) is 0 Å². The fraction of sp³-hybridized carbons (Fsp3) is 0.100. The van der Waals surface area contributed by atoms with Crippen molar-refractivity contribution in [3.63, 3.8) is 0 Å². The van der Waals surface area contributed by atoms with Gasteiger partial charge >= 0.3 is 23.7 Å². The third-order valence-electron chi connectivity index (χ3n) is 3.97. The van der Waals surface area contributed by atoms with Gasteiger partial charge in [-0.1, -0.05) is 36.4 Å². The Hall–Kier alpha value is -3.96. The van der Waals surface area contributed by atoms with Gasteiger partial charge in [-0.15, -0.1) is 0 Å². The van der Waals surface area contributed by atoms with Gasteiger partial charge in [0, 0.05) is 0 Å². The number of alkyl halides is 6.